The monoisotopic (exact) mass is 712 g/mol. The number of allylic oxidation sites excluding steroid dienone is 4. The zero-order valence-corrected chi connectivity index (χ0v) is 31.9. The van der Waals surface area contributed by atoms with E-state index in [0.717, 1.165) is 64.2 Å². The lowest BCUT2D eigenvalue weighted by Gasteiger charge is -2.40. The lowest BCUT2D eigenvalue weighted by Crippen LogP contribution is -2.60. The average Bonchev–Trinajstić information content (AvgIpc) is 3.11. The summed E-state index contributed by atoms with van der Waals surface area (Å²) in [4.78, 5) is 12.9. The molecule has 0 aromatic carbocycles. The molecule has 50 heavy (non-hydrogen) atoms. The third-order valence-electron chi connectivity index (χ3n) is 9.81. The number of ether oxygens (including phenoxy) is 2. The van der Waals surface area contributed by atoms with Crippen molar-refractivity contribution in [2.24, 2.45) is 0 Å². The highest BCUT2D eigenvalue weighted by Gasteiger charge is 2.44. The molecule has 1 fully saturated rings. The number of unbranched alkanes of at least 4 members (excludes halogenated alkanes) is 19. The Morgan fingerprint density at radius 2 is 1.20 bits per heavy atom. The first-order valence-electron chi connectivity index (χ1n) is 20.5. The molecule has 9 heteroatoms. The largest absolute Gasteiger partial charge is 0.394 e. The maximum absolute atomic E-state index is 12.9. The molecule has 1 saturated heterocycles. The fourth-order valence-corrected chi connectivity index (χ4v) is 6.41. The molecule has 0 saturated carbocycles. The van der Waals surface area contributed by atoms with Crippen LogP contribution in [0.1, 0.15) is 174 Å². The summed E-state index contributed by atoms with van der Waals surface area (Å²) in [7, 11) is 0. The summed E-state index contributed by atoms with van der Waals surface area (Å²) >= 11 is 0. The van der Waals surface area contributed by atoms with Gasteiger partial charge in [0, 0.05) is 6.42 Å². The third kappa shape index (κ3) is 23.3. The minimum atomic E-state index is -1.55. The van der Waals surface area contributed by atoms with E-state index >= 15 is 0 Å². The number of carbonyl (C=O) groups excluding carboxylic acids is 1. The number of aliphatic hydroxyl groups is 5. The Morgan fingerprint density at radius 1 is 0.680 bits per heavy atom. The van der Waals surface area contributed by atoms with Crippen molar-refractivity contribution < 1.29 is 39.8 Å². The van der Waals surface area contributed by atoms with Gasteiger partial charge in [0.2, 0.25) is 5.91 Å². The van der Waals surface area contributed by atoms with Crippen LogP contribution in [0.25, 0.3) is 0 Å². The van der Waals surface area contributed by atoms with Crippen LogP contribution in [-0.4, -0.2) is 87.5 Å². The molecular weight excluding hydrogens is 634 g/mol. The Morgan fingerprint density at radius 3 is 1.78 bits per heavy atom. The quantitative estimate of drug-likeness (QED) is 0.0302. The van der Waals surface area contributed by atoms with E-state index in [2.05, 4.69) is 43.5 Å². The Labute approximate surface area is 305 Å². The molecule has 1 aliphatic heterocycles. The highest BCUT2D eigenvalue weighted by Crippen LogP contribution is 2.23. The predicted octanol–water partition coefficient (Wildman–Crippen LogP) is 7.55. The zero-order chi connectivity index (χ0) is 36.7. The molecule has 0 radical (unpaired) electrons. The van der Waals surface area contributed by atoms with E-state index in [-0.39, 0.29) is 12.5 Å². The second-order valence-corrected chi connectivity index (χ2v) is 14.4. The molecule has 1 amide bonds. The summed E-state index contributed by atoms with van der Waals surface area (Å²) < 4.78 is 11.2. The minimum absolute atomic E-state index is 0.143. The summed E-state index contributed by atoms with van der Waals surface area (Å²) in [5, 5.41) is 54.1. The molecule has 0 spiro atoms. The van der Waals surface area contributed by atoms with Crippen LogP contribution in [0, 0.1) is 0 Å². The van der Waals surface area contributed by atoms with Crippen LogP contribution in [-0.2, 0) is 14.3 Å². The Balaban J connectivity index is 2.41. The summed E-state index contributed by atoms with van der Waals surface area (Å²) in [6.07, 6.45) is 28.9. The van der Waals surface area contributed by atoms with Crippen LogP contribution in [0.15, 0.2) is 24.3 Å². The van der Waals surface area contributed by atoms with Crippen LogP contribution in [0.3, 0.4) is 0 Å². The molecule has 7 unspecified atom stereocenters. The molecule has 1 aliphatic rings. The predicted molar refractivity (Wildman–Crippen MR) is 203 cm³/mol. The van der Waals surface area contributed by atoms with Crippen LogP contribution < -0.4 is 5.32 Å². The Hall–Kier alpha value is -1.33. The lowest BCUT2D eigenvalue weighted by molar-refractivity contribution is -0.302. The zero-order valence-electron chi connectivity index (χ0n) is 31.9. The van der Waals surface area contributed by atoms with Gasteiger partial charge in [-0.3, -0.25) is 4.79 Å². The SMILES string of the molecule is CCCC/C=C\C/C=C\CCCCCCCC(=O)NC(COC1OC(CO)C(O)C(O)C1O)C(O)CCCCCCCCCCCCCCC. The summed E-state index contributed by atoms with van der Waals surface area (Å²) in [5.74, 6) is -0.160. The second-order valence-electron chi connectivity index (χ2n) is 14.4. The second kappa shape index (κ2) is 32.3. The van der Waals surface area contributed by atoms with Crippen LogP contribution in [0.5, 0.6) is 0 Å². The van der Waals surface area contributed by atoms with Crippen molar-refractivity contribution in [3.63, 3.8) is 0 Å². The Kier molecular flexibility index (Phi) is 30.2. The minimum Gasteiger partial charge on any atom is -0.394 e. The highest BCUT2D eigenvalue weighted by molar-refractivity contribution is 5.76. The lowest BCUT2D eigenvalue weighted by atomic mass is 9.99. The molecule has 294 valence electrons. The normalized spacial score (nSPS) is 22.4. The smallest absolute Gasteiger partial charge is 0.220 e. The molecule has 0 aromatic heterocycles. The van der Waals surface area contributed by atoms with Gasteiger partial charge in [0.05, 0.1) is 25.4 Å². The number of rotatable bonds is 33. The molecule has 6 N–H and O–H groups in total. The first-order chi connectivity index (χ1) is 24.3. The molecule has 1 heterocycles. The number of carbonyl (C=O) groups is 1. The molecule has 0 aromatic rings. The van der Waals surface area contributed by atoms with E-state index in [1.54, 1.807) is 0 Å². The number of hydrogen-bond acceptors (Lipinski definition) is 8. The molecule has 0 aliphatic carbocycles. The van der Waals surface area contributed by atoms with E-state index < -0.39 is 49.5 Å². The molecule has 7 atom stereocenters. The number of aliphatic hydroxyl groups excluding tert-OH is 5. The van der Waals surface area contributed by atoms with Crippen molar-refractivity contribution in [3.05, 3.63) is 24.3 Å². The van der Waals surface area contributed by atoms with Gasteiger partial charge in [0.1, 0.15) is 24.4 Å². The number of amides is 1. The summed E-state index contributed by atoms with van der Waals surface area (Å²) in [6.45, 7) is 3.76. The number of hydrogen-bond donors (Lipinski definition) is 6. The van der Waals surface area contributed by atoms with Crippen molar-refractivity contribution in [1.29, 1.82) is 0 Å². The van der Waals surface area contributed by atoms with Gasteiger partial charge in [-0.25, -0.2) is 0 Å². The van der Waals surface area contributed by atoms with Crippen molar-refractivity contribution in [2.75, 3.05) is 13.2 Å². The third-order valence-corrected chi connectivity index (χ3v) is 9.81. The van der Waals surface area contributed by atoms with Gasteiger partial charge in [0.15, 0.2) is 6.29 Å². The van der Waals surface area contributed by atoms with E-state index in [1.807, 2.05) is 0 Å². The van der Waals surface area contributed by atoms with E-state index in [0.29, 0.717) is 12.8 Å². The standard InChI is InChI=1S/C41H77NO8/c1-3-5-7-9-11-13-15-17-19-21-23-25-27-29-31-37(45)42-34(33-49-41-40(48)39(47)38(46)36(32-43)50-41)35(44)30-28-26-24-22-20-18-16-14-12-10-8-6-4-2/h9,11,15,17,34-36,38-41,43-44,46-48H,3-8,10,12-14,16,18-33H2,1-2H3,(H,42,45)/b11-9-,17-15-. The van der Waals surface area contributed by atoms with Gasteiger partial charge in [0.25, 0.3) is 0 Å². The van der Waals surface area contributed by atoms with Crippen LogP contribution >= 0.6 is 0 Å². The maximum Gasteiger partial charge on any atom is 0.220 e. The fraction of sp³-hybridized carbons (Fsp3) is 0.878. The van der Waals surface area contributed by atoms with E-state index in [4.69, 9.17) is 9.47 Å². The van der Waals surface area contributed by atoms with E-state index in [1.165, 1.54) is 83.5 Å². The average molecular weight is 712 g/mol. The Bertz CT molecular complexity index is 837. The van der Waals surface area contributed by atoms with Crippen molar-refractivity contribution in [3.8, 4) is 0 Å². The molecule has 9 nitrogen and oxygen atoms in total. The molecule has 1 rings (SSSR count). The van der Waals surface area contributed by atoms with Gasteiger partial charge in [-0.05, 0) is 38.5 Å². The summed E-state index contributed by atoms with van der Waals surface area (Å²) in [6, 6.07) is -0.722. The number of nitrogens with one attached hydrogen (secondary N) is 1. The van der Waals surface area contributed by atoms with E-state index in [9.17, 15) is 30.3 Å². The van der Waals surface area contributed by atoms with Gasteiger partial charge in [-0.2, -0.15) is 0 Å². The van der Waals surface area contributed by atoms with Gasteiger partial charge >= 0.3 is 0 Å². The summed E-state index contributed by atoms with van der Waals surface area (Å²) in [5.41, 5.74) is 0. The first-order valence-corrected chi connectivity index (χ1v) is 20.5. The van der Waals surface area contributed by atoms with Crippen LogP contribution in [0.2, 0.25) is 0 Å². The van der Waals surface area contributed by atoms with Gasteiger partial charge in [-0.15, -0.1) is 0 Å². The van der Waals surface area contributed by atoms with Crippen LogP contribution in [0.4, 0.5) is 0 Å². The van der Waals surface area contributed by atoms with Crippen molar-refractivity contribution in [2.45, 2.75) is 217 Å². The highest BCUT2D eigenvalue weighted by atomic mass is 16.7. The molecular formula is C41H77NO8. The molecule has 0 bridgehead atoms. The van der Waals surface area contributed by atoms with Gasteiger partial charge in [-0.1, -0.05) is 154 Å². The first kappa shape index (κ1) is 46.7. The van der Waals surface area contributed by atoms with Gasteiger partial charge < -0.3 is 40.3 Å². The van der Waals surface area contributed by atoms with Crippen molar-refractivity contribution >= 4 is 5.91 Å². The maximum atomic E-state index is 12.9. The fourth-order valence-electron chi connectivity index (χ4n) is 6.41. The topological polar surface area (TPSA) is 149 Å². The van der Waals surface area contributed by atoms with Crippen molar-refractivity contribution in [1.82, 2.24) is 5.32 Å².